The van der Waals surface area contributed by atoms with Gasteiger partial charge in [-0.3, -0.25) is 0 Å². The Morgan fingerprint density at radius 1 is 1.33 bits per heavy atom. The molecule has 1 aromatic heterocycles. The highest BCUT2D eigenvalue weighted by atomic mass is 16.3. The van der Waals surface area contributed by atoms with E-state index in [0.29, 0.717) is 28.7 Å². The lowest BCUT2D eigenvalue weighted by Crippen LogP contribution is -2.18. The van der Waals surface area contributed by atoms with Crippen LogP contribution in [0.15, 0.2) is 30.5 Å². The minimum absolute atomic E-state index is 0.551. The van der Waals surface area contributed by atoms with E-state index in [1.54, 1.807) is 32.2 Å². The molecule has 0 radical (unpaired) electrons. The monoisotopic (exact) mass is 361 g/mol. The van der Waals surface area contributed by atoms with Crippen molar-refractivity contribution in [2.24, 2.45) is 5.92 Å². The van der Waals surface area contributed by atoms with Crippen LogP contribution < -0.4 is 10.6 Å². The van der Waals surface area contributed by atoms with Crippen LogP contribution in [0.4, 0.5) is 5.95 Å². The van der Waals surface area contributed by atoms with Gasteiger partial charge in [-0.15, -0.1) is 0 Å². The first kappa shape index (κ1) is 18.8. The highest BCUT2D eigenvalue weighted by molar-refractivity contribution is 5.68. The summed E-state index contributed by atoms with van der Waals surface area (Å²) in [5.74, 6) is 6.91. The Balaban J connectivity index is 1.92. The predicted molar refractivity (Wildman–Crippen MR) is 105 cm³/mol. The van der Waals surface area contributed by atoms with Gasteiger partial charge in [-0.05, 0) is 51.4 Å². The number of hydrogen-bond donors (Lipinski definition) is 3. The second-order valence-electron chi connectivity index (χ2n) is 7.19. The van der Waals surface area contributed by atoms with Gasteiger partial charge >= 0.3 is 0 Å². The summed E-state index contributed by atoms with van der Waals surface area (Å²) >= 11 is 0. The molecule has 1 aromatic carbocycles. The van der Waals surface area contributed by atoms with Crippen molar-refractivity contribution in [1.29, 1.82) is 5.26 Å². The summed E-state index contributed by atoms with van der Waals surface area (Å²) in [6.45, 7) is 6.13. The second-order valence-corrected chi connectivity index (χ2v) is 7.19. The quantitative estimate of drug-likeness (QED) is 0.723. The Morgan fingerprint density at radius 2 is 2.11 bits per heavy atom. The summed E-state index contributed by atoms with van der Waals surface area (Å²) in [6, 6.07) is 9.32. The third-order valence-electron chi connectivity index (χ3n) is 4.29. The number of rotatable bonds is 4. The predicted octanol–water partition coefficient (Wildman–Crippen LogP) is 2.16. The molecule has 6 heteroatoms. The molecule has 1 atom stereocenters. The molecule has 3 N–H and O–H groups in total. The maximum atomic E-state index is 9.90. The van der Waals surface area contributed by atoms with E-state index < -0.39 is 5.60 Å². The van der Waals surface area contributed by atoms with Gasteiger partial charge in [-0.1, -0.05) is 24.0 Å². The van der Waals surface area contributed by atoms with Crippen molar-refractivity contribution in [3.05, 3.63) is 41.6 Å². The molecule has 1 fully saturated rings. The lowest BCUT2D eigenvalue weighted by atomic mass is 10.0. The number of aliphatic hydroxyl groups is 1. The number of benzene rings is 1. The molecule has 1 saturated heterocycles. The van der Waals surface area contributed by atoms with Gasteiger partial charge in [-0.25, -0.2) is 9.97 Å². The van der Waals surface area contributed by atoms with Crippen molar-refractivity contribution in [3.8, 4) is 29.2 Å². The number of hydrogen-bond acceptors (Lipinski definition) is 6. The number of anilines is 1. The van der Waals surface area contributed by atoms with Gasteiger partial charge in [0, 0.05) is 18.3 Å². The van der Waals surface area contributed by atoms with Gasteiger partial charge in [0.2, 0.25) is 5.95 Å². The topological polar surface area (TPSA) is 93.9 Å². The number of nitrogens with zero attached hydrogens (tertiary/aromatic N) is 3. The molecule has 1 aliphatic heterocycles. The molecule has 0 aliphatic carbocycles. The third-order valence-corrected chi connectivity index (χ3v) is 4.29. The smallest absolute Gasteiger partial charge is 0.223 e. The normalized spacial score (nSPS) is 16.3. The van der Waals surface area contributed by atoms with Crippen LogP contribution in [0, 0.1) is 29.1 Å². The first-order valence-electron chi connectivity index (χ1n) is 9.02. The van der Waals surface area contributed by atoms with E-state index >= 15 is 0 Å². The molecule has 1 unspecified atom stereocenters. The summed E-state index contributed by atoms with van der Waals surface area (Å²) in [4.78, 5) is 9.03. The van der Waals surface area contributed by atoms with Gasteiger partial charge in [0.15, 0.2) is 0 Å². The maximum absolute atomic E-state index is 9.90. The standard InChI is InChI=1S/C21H23N5O/c1-21(2,27)9-7-18-14-25-20(24-13-16-8-10-23-12-16)26-19(18)17-5-3-15(11-22)4-6-17/h3-6,14,16,23,27H,8,10,12-13H2,1-2H3,(H,24,25,26). The zero-order chi connectivity index (χ0) is 19.3. The highest BCUT2D eigenvalue weighted by Gasteiger charge is 2.15. The molecule has 2 aromatic rings. The largest absolute Gasteiger partial charge is 0.378 e. The molecular weight excluding hydrogens is 338 g/mol. The molecule has 2 heterocycles. The summed E-state index contributed by atoms with van der Waals surface area (Å²) < 4.78 is 0. The molecule has 27 heavy (non-hydrogen) atoms. The van der Waals surface area contributed by atoms with Gasteiger partial charge < -0.3 is 15.7 Å². The first-order chi connectivity index (χ1) is 12.9. The van der Waals surface area contributed by atoms with Gasteiger partial charge in [0.1, 0.15) is 5.60 Å². The summed E-state index contributed by atoms with van der Waals surface area (Å²) in [6.07, 6.45) is 2.82. The van der Waals surface area contributed by atoms with Gasteiger partial charge in [0.05, 0.1) is 22.9 Å². The number of aromatic nitrogens is 2. The third kappa shape index (κ3) is 5.27. The molecule has 6 nitrogen and oxygen atoms in total. The van der Waals surface area contributed by atoms with Crippen LogP contribution >= 0.6 is 0 Å². The zero-order valence-electron chi connectivity index (χ0n) is 15.6. The fourth-order valence-corrected chi connectivity index (χ4v) is 2.83. The Hall–Kier alpha value is -2.93. The van der Waals surface area contributed by atoms with E-state index in [1.165, 1.54) is 0 Å². The zero-order valence-corrected chi connectivity index (χ0v) is 15.6. The minimum atomic E-state index is -1.10. The van der Waals surface area contributed by atoms with E-state index in [-0.39, 0.29) is 0 Å². The van der Waals surface area contributed by atoms with Crippen LogP contribution in [0.25, 0.3) is 11.3 Å². The van der Waals surface area contributed by atoms with Crippen LogP contribution in [0.3, 0.4) is 0 Å². The maximum Gasteiger partial charge on any atom is 0.223 e. The summed E-state index contributed by atoms with van der Waals surface area (Å²) in [7, 11) is 0. The summed E-state index contributed by atoms with van der Waals surface area (Å²) in [5.41, 5.74) is 1.65. The Bertz CT molecular complexity index is 891. The molecule has 0 saturated carbocycles. The van der Waals surface area contributed by atoms with Crippen LogP contribution in [-0.2, 0) is 0 Å². The fraction of sp³-hybridized carbons (Fsp3) is 0.381. The van der Waals surface area contributed by atoms with Crippen LogP contribution in [0.5, 0.6) is 0 Å². The van der Waals surface area contributed by atoms with Crippen molar-refractivity contribution in [2.75, 3.05) is 25.0 Å². The fourth-order valence-electron chi connectivity index (χ4n) is 2.83. The molecule has 1 aliphatic rings. The molecule has 0 spiro atoms. The van der Waals surface area contributed by atoms with Gasteiger partial charge in [0.25, 0.3) is 0 Å². The SMILES string of the molecule is CC(C)(O)C#Cc1cnc(NCC2CCNC2)nc1-c1ccc(C#N)cc1. The van der Waals surface area contributed by atoms with Crippen molar-refractivity contribution < 1.29 is 5.11 Å². The Kier molecular flexibility index (Phi) is 5.71. The second kappa shape index (κ2) is 8.18. The van der Waals surface area contributed by atoms with Crippen LogP contribution in [0.1, 0.15) is 31.4 Å². The van der Waals surface area contributed by atoms with Crippen molar-refractivity contribution in [1.82, 2.24) is 15.3 Å². The van der Waals surface area contributed by atoms with E-state index in [9.17, 15) is 5.11 Å². The Labute approximate surface area is 159 Å². The highest BCUT2D eigenvalue weighted by Crippen LogP contribution is 2.23. The van der Waals surface area contributed by atoms with Crippen LogP contribution in [0.2, 0.25) is 0 Å². The number of nitriles is 1. The van der Waals surface area contributed by atoms with Crippen molar-refractivity contribution in [3.63, 3.8) is 0 Å². The number of nitrogens with one attached hydrogen (secondary N) is 2. The first-order valence-corrected chi connectivity index (χ1v) is 9.02. The molecule has 3 rings (SSSR count). The van der Waals surface area contributed by atoms with Gasteiger partial charge in [-0.2, -0.15) is 5.26 Å². The average molecular weight is 361 g/mol. The molecule has 0 amide bonds. The van der Waals surface area contributed by atoms with E-state index in [0.717, 1.165) is 31.6 Å². The van der Waals surface area contributed by atoms with Crippen LogP contribution in [-0.4, -0.2) is 40.3 Å². The lowest BCUT2D eigenvalue weighted by Gasteiger charge is -2.12. The average Bonchev–Trinajstić information content (AvgIpc) is 3.18. The van der Waals surface area contributed by atoms with Crippen molar-refractivity contribution >= 4 is 5.95 Å². The summed E-state index contributed by atoms with van der Waals surface area (Å²) in [5, 5.41) is 25.6. The van der Waals surface area contributed by atoms with E-state index in [1.807, 2.05) is 12.1 Å². The van der Waals surface area contributed by atoms with E-state index in [2.05, 4.69) is 38.5 Å². The minimum Gasteiger partial charge on any atom is -0.378 e. The molecule has 138 valence electrons. The van der Waals surface area contributed by atoms with E-state index in [4.69, 9.17) is 5.26 Å². The molecule has 0 bridgehead atoms. The Morgan fingerprint density at radius 3 is 2.74 bits per heavy atom. The lowest BCUT2D eigenvalue weighted by molar-refractivity contribution is 0.143. The van der Waals surface area contributed by atoms with Crippen molar-refractivity contribution in [2.45, 2.75) is 25.9 Å². The molecular formula is C21H23N5O.